The Morgan fingerprint density at radius 2 is 1.67 bits per heavy atom. The monoisotopic (exact) mass is 317 g/mol. The van der Waals surface area contributed by atoms with Crippen molar-refractivity contribution in [2.75, 3.05) is 10.6 Å². The smallest absolute Gasteiger partial charge is 0.291 e. The number of furan rings is 1. The molecule has 0 saturated heterocycles. The minimum absolute atomic E-state index is 0.155. The van der Waals surface area contributed by atoms with Gasteiger partial charge in [-0.25, -0.2) is 0 Å². The van der Waals surface area contributed by atoms with E-state index in [-0.39, 0.29) is 17.0 Å². The van der Waals surface area contributed by atoms with E-state index >= 15 is 0 Å². The Balaban J connectivity index is 2.31. The quantitative estimate of drug-likeness (QED) is 0.834. The highest BCUT2D eigenvalue weighted by Crippen LogP contribution is 2.25. The summed E-state index contributed by atoms with van der Waals surface area (Å²) in [5.74, 6) is -0.243. The SMILES string of the molecule is Cc1c(NC(=O)c2ccco2)cccc1NC(C#N)=C(C#N)C#N. The van der Waals surface area contributed by atoms with Gasteiger partial charge in [-0.1, -0.05) is 6.07 Å². The summed E-state index contributed by atoms with van der Waals surface area (Å²) in [5, 5.41) is 32.3. The number of nitrogens with zero attached hydrogens (tertiary/aromatic N) is 3. The summed E-state index contributed by atoms with van der Waals surface area (Å²) < 4.78 is 5.03. The molecule has 1 aromatic heterocycles. The van der Waals surface area contributed by atoms with E-state index in [4.69, 9.17) is 20.2 Å². The van der Waals surface area contributed by atoms with E-state index < -0.39 is 5.91 Å². The molecule has 1 heterocycles. The number of anilines is 2. The first-order valence-electron chi connectivity index (χ1n) is 6.76. The maximum atomic E-state index is 12.0. The molecule has 0 bridgehead atoms. The van der Waals surface area contributed by atoms with Gasteiger partial charge in [0.15, 0.2) is 11.3 Å². The Kier molecular flexibility index (Phi) is 4.98. The Morgan fingerprint density at radius 1 is 1.00 bits per heavy atom. The maximum Gasteiger partial charge on any atom is 0.291 e. The summed E-state index contributed by atoms with van der Waals surface area (Å²) in [7, 11) is 0. The molecule has 7 nitrogen and oxygen atoms in total. The molecule has 7 heteroatoms. The van der Waals surface area contributed by atoms with Crippen molar-refractivity contribution < 1.29 is 9.21 Å². The highest BCUT2D eigenvalue weighted by atomic mass is 16.3. The molecule has 0 unspecified atom stereocenters. The van der Waals surface area contributed by atoms with Gasteiger partial charge in [-0.2, -0.15) is 15.8 Å². The molecular formula is C17H11N5O2. The molecule has 116 valence electrons. The normalized spacial score (nSPS) is 9.08. The molecule has 1 aromatic carbocycles. The van der Waals surface area contributed by atoms with Crippen LogP contribution < -0.4 is 10.6 Å². The number of carbonyl (C=O) groups is 1. The van der Waals surface area contributed by atoms with Crippen LogP contribution in [-0.2, 0) is 0 Å². The van der Waals surface area contributed by atoms with Crippen molar-refractivity contribution in [2.24, 2.45) is 0 Å². The van der Waals surface area contributed by atoms with Crippen LogP contribution in [0.15, 0.2) is 52.3 Å². The first-order valence-corrected chi connectivity index (χ1v) is 6.76. The van der Waals surface area contributed by atoms with Crippen molar-refractivity contribution in [2.45, 2.75) is 6.92 Å². The minimum atomic E-state index is -0.411. The third-order valence-corrected chi connectivity index (χ3v) is 3.17. The number of hydrogen-bond acceptors (Lipinski definition) is 6. The van der Waals surface area contributed by atoms with Gasteiger partial charge in [0.05, 0.1) is 6.26 Å². The van der Waals surface area contributed by atoms with Crippen LogP contribution in [0, 0.1) is 40.9 Å². The lowest BCUT2D eigenvalue weighted by atomic mass is 10.1. The van der Waals surface area contributed by atoms with Gasteiger partial charge in [0.1, 0.15) is 23.9 Å². The Labute approximate surface area is 138 Å². The van der Waals surface area contributed by atoms with E-state index in [1.165, 1.54) is 12.3 Å². The van der Waals surface area contributed by atoms with Gasteiger partial charge in [-0.3, -0.25) is 4.79 Å². The van der Waals surface area contributed by atoms with E-state index in [0.717, 1.165) is 0 Å². The van der Waals surface area contributed by atoms with E-state index in [1.54, 1.807) is 49.4 Å². The number of nitrogens with one attached hydrogen (secondary N) is 2. The molecule has 2 rings (SSSR count). The zero-order valence-electron chi connectivity index (χ0n) is 12.6. The minimum Gasteiger partial charge on any atom is -0.459 e. The lowest BCUT2D eigenvalue weighted by Crippen LogP contribution is -2.12. The van der Waals surface area contributed by atoms with Gasteiger partial charge in [-0.15, -0.1) is 0 Å². The van der Waals surface area contributed by atoms with Crippen LogP contribution >= 0.6 is 0 Å². The predicted molar refractivity (Wildman–Crippen MR) is 85.3 cm³/mol. The molecule has 0 aliphatic heterocycles. The molecule has 24 heavy (non-hydrogen) atoms. The van der Waals surface area contributed by atoms with Gasteiger partial charge in [0.2, 0.25) is 0 Å². The zero-order chi connectivity index (χ0) is 17.5. The van der Waals surface area contributed by atoms with Crippen molar-refractivity contribution in [1.82, 2.24) is 0 Å². The summed E-state index contributed by atoms with van der Waals surface area (Å²) in [4.78, 5) is 12.0. The molecule has 2 N–H and O–H groups in total. The molecule has 0 aliphatic carbocycles. The molecule has 0 aliphatic rings. The topological polar surface area (TPSA) is 126 Å². The Hall–Kier alpha value is -4.02. The first kappa shape index (κ1) is 16.4. The largest absolute Gasteiger partial charge is 0.459 e. The van der Waals surface area contributed by atoms with Crippen LogP contribution in [0.4, 0.5) is 11.4 Å². The third-order valence-electron chi connectivity index (χ3n) is 3.17. The van der Waals surface area contributed by atoms with Gasteiger partial charge in [-0.05, 0) is 36.8 Å². The van der Waals surface area contributed by atoms with E-state index in [1.807, 2.05) is 0 Å². The van der Waals surface area contributed by atoms with Crippen LogP contribution in [0.1, 0.15) is 16.1 Å². The van der Waals surface area contributed by atoms with Gasteiger partial charge in [0.25, 0.3) is 5.91 Å². The second-order valence-corrected chi connectivity index (χ2v) is 4.62. The Bertz CT molecular complexity index is 905. The number of amides is 1. The third kappa shape index (κ3) is 3.41. The highest BCUT2D eigenvalue weighted by Gasteiger charge is 2.13. The van der Waals surface area contributed by atoms with Crippen molar-refractivity contribution in [3.63, 3.8) is 0 Å². The summed E-state index contributed by atoms with van der Waals surface area (Å²) in [5.41, 5.74) is 1.17. The number of rotatable bonds is 4. The first-order chi connectivity index (χ1) is 11.6. The van der Waals surface area contributed by atoms with Crippen LogP contribution in [0.2, 0.25) is 0 Å². The van der Waals surface area contributed by atoms with Crippen LogP contribution in [0.25, 0.3) is 0 Å². The maximum absolute atomic E-state index is 12.0. The number of allylic oxidation sites excluding steroid dienone is 2. The highest BCUT2D eigenvalue weighted by molar-refractivity contribution is 6.03. The molecule has 0 saturated carbocycles. The van der Waals surface area contributed by atoms with E-state index in [0.29, 0.717) is 16.9 Å². The summed E-state index contributed by atoms with van der Waals surface area (Å²) in [6, 6.07) is 13.3. The molecule has 0 atom stereocenters. The predicted octanol–water partition coefficient (Wildman–Crippen LogP) is 3.08. The van der Waals surface area contributed by atoms with E-state index in [9.17, 15) is 4.79 Å². The number of hydrogen-bond donors (Lipinski definition) is 2. The number of benzene rings is 1. The summed E-state index contributed by atoms with van der Waals surface area (Å²) in [6.07, 6.45) is 1.40. The standard InChI is InChI=1S/C17H11N5O2/c1-11-13(21-15(10-20)12(8-18)9-19)4-2-5-14(11)22-17(23)16-6-3-7-24-16/h2-7,21H,1H3,(H,22,23). The number of nitriles is 3. The van der Waals surface area contributed by atoms with E-state index in [2.05, 4.69) is 10.6 Å². The zero-order valence-corrected chi connectivity index (χ0v) is 12.6. The average molecular weight is 317 g/mol. The molecule has 2 aromatic rings. The second kappa shape index (κ2) is 7.31. The fourth-order valence-corrected chi connectivity index (χ4v) is 1.92. The second-order valence-electron chi connectivity index (χ2n) is 4.62. The Morgan fingerprint density at radius 3 is 2.21 bits per heavy atom. The van der Waals surface area contributed by atoms with Crippen LogP contribution in [0.3, 0.4) is 0 Å². The van der Waals surface area contributed by atoms with Crippen molar-refractivity contribution in [3.05, 3.63) is 59.2 Å². The fraction of sp³-hybridized carbons (Fsp3) is 0.0588. The molecule has 1 amide bonds. The van der Waals surface area contributed by atoms with Crippen LogP contribution in [-0.4, -0.2) is 5.91 Å². The average Bonchev–Trinajstić information content (AvgIpc) is 3.12. The molecule has 0 fully saturated rings. The fourth-order valence-electron chi connectivity index (χ4n) is 1.92. The molecular weight excluding hydrogens is 306 g/mol. The number of carbonyl (C=O) groups excluding carboxylic acids is 1. The van der Waals surface area contributed by atoms with Crippen molar-refractivity contribution in [1.29, 1.82) is 15.8 Å². The molecule has 0 radical (unpaired) electrons. The van der Waals surface area contributed by atoms with Crippen molar-refractivity contribution >= 4 is 17.3 Å². The van der Waals surface area contributed by atoms with Gasteiger partial charge in [0, 0.05) is 11.4 Å². The lowest BCUT2D eigenvalue weighted by molar-refractivity contribution is 0.0996. The van der Waals surface area contributed by atoms with Gasteiger partial charge >= 0.3 is 0 Å². The summed E-state index contributed by atoms with van der Waals surface area (Å²) >= 11 is 0. The molecule has 0 spiro atoms. The summed E-state index contributed by atoms with van der Waals surface area (Å²) in [6.45, 7) is 1.73. The van der Waals surface area contributed by atoms with Crippen LogP contribution in [0.5, 0.6) is 0 Å². The van der Waals surface area contributed by atoms with Gasteiger partial charge < -0.3 is 15.1 Å². The lowest BCUT2D eigenvalue weighted by Gasteiger charge is -2.13. The van der Waals surface area contributed by atoms with Crippen molar-refractivity contribution in [3.8, 4) is 18.2 Å².